The second-order valence-electron chi connectivity index (χ2n) is 10.8. The topological polar surface area (TPSA) is 44.2 Å². The number of aromatic nitrogens is 2. The van der Waals surface area contributed by atoms with Gasteiger partial charge in [-0.1, -0.05) is 43.7 Å². The van der Waals surface area contributed by atoms with Gasteiger partial charge in [-0.05, 0) is 41.7 Å². The van der Waals surface area contributed by atoms with Gasteiger partial charge in [0.05, 0.1) is 11.5 Å². The Bertz CT molecular complexity index is 1770. The van der Waals surface area contributed by atoms with E-state index in [1.165, 1.54) is 10.6 Å². The van der Waals surface area contributed by atoms with E-state index in [1.807, 2.05) is 48.7 Å². The van der Waals surface area contributed by atoms with Crippen LogP contribution in [-0.2, 0) is 20.1 Å². The largest absolute Gasteiger partial charge is 0 e. The molecule has 1 radical (unpaired) electrons. The van der Waals surface area contributed by atoms with Crippen molar-refractivity contribution in [3.8, 4) is 45.5 Å². The predicted molar refractivity (Wildman–Crippen MR) is 165 cm³/mol. The fourth-order valence-electron chi connectivity index (χ4n) is 4.24. The Balaban J connectivity index is 0.000000231. The van der Waals surface area contributed by atoms with Crippen LogP contribution in [-0.4, -0.2) is 23.2 Å². The van der Waals surface area contributed by atoms with Crippen molar-refractivity contribution in [2.45, 2.75) is 43.9 Å². The average molecular weight is 784 g/mol. The Kier molecular flexibility index (Phi) is 8.17. The molecule has 0 spiro atoms. The normalized spacial score (nSPS) is 13.6. The van der Waals surface area contributed by atoms with Crippen LogP contribution >= 0.6 is 0 Å². The number of ether oxygens (including phenoxy) is 2. The zero-order valence-corrected chi connectivity index (χ0v) is 28.2. The molecular weight excluding hydrogens is 745 g/mol. The molecule has 1 aliphatic heterocycles. The molecule has 0 fully saturated rings. The van der Waals surface area contributed by atoms with Crippen molar-refractivity contribution in [1.29, 1.82) is 0 Å². The fraction of sp³-hybridized carbons (Fsp3) is 0.200. The van der Waals surface area contributed by atoms with E-state index in [9.17, 15) is 0 Å². The van der Waals surface area contributed by atoms with Crippen molar-refractivity contribution in [2.24, 2.45) is 0 Å². The minimum absolute atomic E-state index is 0. The molecule has 3 heterocycles. The van der Waals surface area contributed by atoms with Crippen LogP contribution < -0.4 is 13.9 Å². The molecule has 5 aromatic rings. The number of benzene rings is 3. The van der Waals surface area contributed by atoms with Gasteiger partial charge in [-0.15, -0.1) is 12.1 Å². The monoisotopic (exact) mass is 785 g/mol. The summed E-state index contributed by atoms with van der Waals surface area (Å²) in [5.41, 5.74) is 3.56. The van der Waals surface area contributed by atoms with Crippen LogP contribution in [0.15, 0.2) is 91.3 Å². The van der Waals surface area contributed by atoms with Gasteiger partial charge in [-0.2, -0.15) is 0 Å². The molecular formula is C35H34GeIrN2O2-2. The number of hydrogen-bond donors (Lipinski definition) is 0. The van der Waals surface area contributed by atoms with Crippen LogP contribution in [0.1, 0.15) is 36.4 Å². The fourth-order valence-corrected chi connectivity index (χ4v) is 6.41. The second-order valence-corrected chi connectivity index (χ2v) is 21.4. The molecule has 0 unspecified atom stereocenters. The van der Waals surface area contributed by atoms with Crippen LogP contribution in [0.25, 0.3) is 22.5 Å². The molecule has 3 aromatic carbocycles. The maximum atomic E-state index is 8.39. The number of rotatable bonds is 4. The van der Waals surface area contributed by atoms with Gasteiger partial charge in [0.2, 0.25) is 0 Å². The number of fused-ring (bicyclic) bond motifs is 2. The van der Waals surface area contributed by atoms with Gasteiger partial charge < -0.3 is 14.5 Å². The first-order valence-corrected chi connectivity index (χ1v) is 20.5. The quantitative estimate of drug-likeness (QED) is 0.132. The molecule has 0 amide bonds. The molecule has 1 aliphatic rings. The first-order valence-electron chi connectivity index (χ1n) is 15.2. The van der Waals surface area contributed by atoms with Crippen LogP contribution in [0, 0.1) is 19.0 Å². The summed E-state index contributed by atoms with van der Waals surface area (Å²) in [6, 6.07) is 31.0. The number of para-hydroxylation sites is 2. The Morgan fingerprint density at radius 1 is 0.805 bits per heavy atom. The van der Waals surface area contributed by atoms with E-state index in [-0.39, 0.29) is 25.7 Å². The molecule has 0 atom stereocenters. The first kappa shape index (κ1) is 25.5. The molecule has 0 saturated heterocycles. The minimum atomic E-state index is -2.35. The summed E-state index contributed by atoms with van der Waals surface area (Å²) in [5, 5.41) is 0. The molecule has 4 nitrogen and oxygen atoms in total. The summed E-state index contributed by atoms with van der Waals surface area (Å²) >= 11 is -1.72. The third kappa shape index (κ3) is 7.16. The van der Waals surface area contributed by atoms with E-state index in [0.717, 1.165) is 11.3 Å². The number of nitrogens with zero attached hydrogens (tertiary/aromatic N) is 2. The van der Waals surface area contributed by atoms with E-state index >= 15 is 0 Å². The van der Waals surface area contributed by atoms with Crippen LogP contribution in [0.3, 0.4) is 0 Å². The summed E-state index contributed by atoms with van der Waals surface area (Å²) in [5.74, 6) is 8.22. The molecule has 0 N–H and O–H groups in total. The molecule has 0 saturated carbocycles. The molecule has 0 aliphatic carbocycles. The van der Waals surface area contributed by atoms with Crippen LogP contribution in [0.2, 0.25) is 17.3 Å². The van der Waals surface area contributed by atoms with Gasteiger partial charge in [0.25, 0.3) is 0 Å². The standard InChI is InChI=1S/C21H18NO2.C14H16GeN.Ir/c1-13(2)16-11-17(22-12-14(16)3)15-7-6-10-20-21(15)24-19-9-5-4-8-18(19)23-20;1-15(2,3)13-9-10-14(16-11-13)12-7-5-4-6-8-12;/h4-6,8-13H,1-3H3;4-7,9-11H,1-3H3;/q2*-1;/i3D3,13D;;. The molecule has 6 rings (SSSR count). The average Bonchev–Trinajstić information content (AvgIpc) is 2.99. The minimum Gasteiger partial charge on any atom is 0 e. The Hall–Kier alpha value is -3.25. The summed E-state index contributed by atoms with van der Waals surface area (Å²) in [4.78, 5) is 8.87. The first-order chi connectivity index (χ1) is 20.7. The van der Waals surface area contributed by atoms with Gasteiger partial charge >= 0.3 is 99.8 Å². The zero-order valence-electron chi connectivity index (χ0n) is 27.7. The van der Waals surface area contributed by atoms with Crippen LogP contribution in [0.4, 0.5) is 0 Å². The van der Waals surface area contributed by atoms with Crippen molar-refractivity contribution >= 4 is 17.7 Å². The zero-order chi connectivity index (χ0) is 31.7. The Morgan fingerprint density at radius 2 is 1.54 bits per heavy atom. The third-order valence-corrected chi connectivity index (χ3v) is 10.8. The van der Waals surface area contributed by atoms with E-state index in [0.29, 0.717) is 39.8 Å². The molecule has 0 bridgehead atoms. The molecule has 6 heteroatoms. The molecule has 41 heavy (non-hydrogen) atoms. The van der Waals surface area contributed by atoms with Gasteiger partial charge in [0, 0.05) is 31.8 Å². The van der Waals surface area contributed by atoms with Crippen molar-refractivity contribution in [3.05, 3.63) is 115 Å². The molecule has 211 valence electrons. The maximum Gasteiger partial charge on any atom is 0 e. The van der Waals surface area contributed by atoms with E-state index in [4.69, 9.17) is 15.0 Å². The van der Waals surface area contributed by atoms with Crippen molar-refractivity contribution in [2.75, 3.05) is 0 Å². The summed E-state index contributed by atoms with van der Waals surface area (Å²) in [7, 11) is 0. The van der Waals surface area contributed by atoms with Crippen molar-refractivity contribution in [3.63, 3.8) is 0 Å². The smallest absolute Gasteiger partial charge is 0 e. The van der Waals surface area contributed by atoms with Gasteiger partial charge in [0.15, 0.2) is 11.5 Å². The van der Waals surface area contributed by atoms with Crippen LogP contribution in [0.5, 0.6) is 23.0 Å². The Morgan fingerprint density at radius 3 is 2.17 bits per heavy atom. The summed E-state index contributed by atoms with van der Waals surface area (Å²) in [6.07, 6.45) is 3.36. The van der Waals surface area contributed by atoms with E-state index < -0.39 is 26.0 Å². The summed E-state index contributed by atoms with van der Waals surface area (Å²) in [6.45, 7) is 0.959. The number of pyridine rings is 2. The summed E-state index contributed by atoms with van der Waals surface area (Å²) < 4.78 is 45.1. The van der Waals surface area contributed by atoms with Gasteiger partial charge in [0.1, 0.15) is 0 Å². The molecule has 2 aromatic heterocycles. The van der Waals surface area contributed by atoms with E-state index in [2.05, 4.69) is 51.5 Å². The second kappa shape index (κ2) is 13.2. The number of hydrogen-bond acceptors (Lipinski definition) is 4. The van der Waals surface area contributed by atoms with Crippen molar-refractivity contribution in [1.82, 2.24) is 9.97 Å². The SMILES string of the molecule is [2H]C([2H])([2H])c1cnc(-c2[c-]ccc3c2Oc2ccccc2O3)cc1C([2H])(C)C.[CH3][Ge]([CH3])([CH3])[c]1ccc(-c2[c-]cccc2)nc1.[Ir]. The Labute approximate surface area is 265 Å². The third-order valence-electron chi connectivity index (χ3n) is 6.51. The van der Waals surface area contributed by atoms with Gasteiger partial charge in [-0.3, -0.25) is 0 Å². The van der Waals surface area contributed by atoms with Gasteiger partial charge in [-0.25, -0.2) is 0 Å². The number of aryl methyl sites for hydroxylation is 1. The van der Waals surface area contributed by atoms with E-state index in [1.54, 1.807) is 38.1 Å². The maximum absolute atomic E-state index is 8.39. The predicted octanol–water partition coefficient (Wildman–Crippen LogP) is 8.97. The van der Waals surface area contributed by atoms with Crippen molar-refractivity contribution < 1.29 is 35.1 Å².